The van der Waals surface area contributed by atoms with Crippen LogP contribution in [-0.2, 0) is 4.74 Å². The molecule has 2 atom stereocenters. The van der Waals surface area contributed by atoms with Gasteiger partial charge in [0.15, 0.2) is 0 Å². The van der Waals surface area contributed by atoms with Crippen LogP contribution in [0.3, 0.4) is 0 Å². The highest BCUT2D eigenvalue weighted by Gasteiger charge is 2.27. The normalized spacial score (nSPS) is 19.2. The first-order valence-electron chi connectivity index (χ1n) is 14.1. The van der Waals surface area contributed by atoms with E-state index in [0.29, 0.717) is 56.5 Å². The molecule has 2 N–H and O–H groups in total. The van der Waals surface area contributed by atoms with Crippen molar-refractivity contribution < 1.29 is 19.0 Å². The average Bonchev–Trinajstić information content (AvgIpc) is 3.46. The Morgan fingerprint density at radius 3 is 2.90 bits per heavy atom. The van der Waals surface area contributed by atoms with Gasteiger partial charge in [0.1, 0.15) is 23.9 Å². The molecule has 0 unspecified atom stereocenters. The predicted octanol–water partition coefficient (Wildman–Crippen LogP) is 3.07. The fraction of sp³-hybridized carbons (Fsp3) is 0.467. The van der Waals surface area contributed by atoms with Crippen LogP contribution in [0.25, 0.3) is 10.8 Å². The molecule has 2 fully saturated rings. The van der Waals surface area contributed by atoms with Gasteiger partial charge in [-0.05, 0) is 30.8 Å². The highest BCUT2D eigenvalue weighted by atomic mass is 16.5. The number of rotatable bonds is 11. The highest BCUT2D eigenvalue weighted by Crippen LogP contribution is 2.30. The minimum absolute atomic E-state index is 0.0151. The second kappa shape index (κ2) is 13.6. The zero-order valence-electron chi connectivity index (χ0n) is 23.6. The van der Waals surface area contributed by atoms with Gasteiger partial charge in [-0.1, -0.05) is 24.3 Å². The van der Waals surface area contributed by atoms with Crippen molar-refractivity contribution in [3.05, 3.63) is 48.2 Å². The van der Waals surface area contributed by atoms with Gasteiger partial charge in [0.2, 0.25) is 0 Å². The summed E-state index contributed by atoms with van der Waals surface area (Å²) in [7, 11) is 3.31. The minimum Gasteiger partial charge on any atom is -0.497 e. The third-order valence-corrected chi connectivity index (χ3v) is 7.65. The third-order valence-electron chi connectivity index (χ3n) is 7.65. The van der Waals surface area contributed by atoms with Crippen LogP contribution in [-0.4, -0.2) is 93.0 Å². The molecule has 216 valence electrons. The number of hydrogen-bond acceptors (Lipinski definition) is 10. The number of benzene rings is 2. The van der Waals surface area contributed by atoms with Crippen molar-refractivity contribution in [3.8, 4) is 17.8 Å². The molecule has 1 amide bonds. The van der Waals surface area contributed by atoms with Gasteiger partial charge in [-0.2, -0.15) is 15.2 Å². The van der Waals surface area contributed by atoms with E-state index in [1.54, 1.807) is 26.4 Å². The summed E-state index contributed by atoms with van der Waals surface area (Å²) in [6, 6.07) is 15.9. The molecule has 0 saturated carbocycles. The summed E-state index contributed by atoms with van der Waals surface area (Å²) in [4.78, 5) is 27.3. The van der Waals surface area contributed by atoms with Gasteiger partial charge in [-0.25, -0.2) is 0 Å². The van der Waals surface area contributed by atoms with E-state index in [2.05, 4.69) is 31.5 Å². The molecule has 3 aromatic rings. The van der Waals surface area contributed by atoms with Gasteiger partial charge >= 0.3 is 6.01 Å². The molecule has 2 aliphatic rings. The van der Waals surface area contributed by atoms with E-state index in [-0.39, 0.29) is 29.7 Å². The standard InChI is InChI=1S/C30H37N7O4/c1-39-15-14-36-12-5-7-23(36)20-41-30-34-27(18-28(35-30)37-13-11-32-22(19-37)9-10-31)29(38)33-26-17-24(40-2)16-21-6-3-4-8-25(21)26/h3-4,6,8,16-18,22-23,32H,5,7,9,11-15,19-20H2,1-2H3,(H,33,38)/t22-,23-/m0/s1. The summed E-state index contributed by atoms with van der Waals surface area (Å²) < 4.78 is 16.9. The fourth-order valence-electron chi connectivity index (χ4n) is 5.48. The smallest absolute Gasteiger partial charge is 0.319 e. The van der Waals surface area contributed by atoms with Crippen LogP contribution in [0.4, 0.5) is 11.5 Å². The molecular formula is C30H37N7O4. The lowest BCUT2D eigenvalue weighted by Gasteiger charge is -2.33. The van der Waals surface area contributed by atoms with Crippen molar-refractivity contribution in [2.24, 2.45) is 0 Å². The Balaban J connectivity index is 1.41. The van der Waals surface area contributed by atoms with Crippen LogP contribution in [0, 0.1) is 11.3 Å². The summed E-state index contributed by atoms with van der Waals surface area (Å²) >= 11 is 0. The molecule has 11 nitrogen and oxygen atoms in total. The van der Waals surface area contributed by atoms with Gasteiger partial charge in [0.25, 0.3) is 5.91 Å². The lowest BCUT2D eigenvalue weighted by molar-refractivity contribution is 0.101. The van der Waals surface area contributed by atoms with Crippen LogP contribution in [0.1, 0.15) is 29.8 Å². The first kappa shape index (κ1) is 28.5. The Bertz CT molecular complexity index is 1400. The second-order valence-electron chi connectivity index (χ2n) is 10.3. The maximum atomic E-state index is 13.6. The predicted molar refractivity (Wildman–Crippen MR) is 157 cm³/mol. The van der Waals surface area contributed by atoms with E-state index in [4.69, 9.17) is 19.2 Å². The molecule has 41 heavy (non-hydrogen) atoms. The zero-order valence-corrected chi connectivity index (χ0v) is 23.6. The number of carbonyl (C=O) groups is 1. The molecule has 1 aromatic heterocycles. The Morgan fingerprint density at radius 2 is 2.07 bits per heavy atom. The van der Waals surface area contributed by atoms with Crippen molar-refractivity contribution >= 4 is 28.2 Å². The Kier molecular flexibility index (Phi) is 9.46. The molecule has 2 aromatic carbocycles. The first-order chi connectivity index (χ1) is 20.1. The summed E-state index contributed by atoms with van der Waals surface area (Å²) in [5, 5.41) is 17.5. The SMILES string of the molecule is COCCN1CCC[C@H]1COc1nc(C(=O)Nc2cc(OC)cc3ccccc23)cc(N2CCN[C@@H](CC#N)C2)n1. The first-order valence-corrected chi connectivity index (χ1v) is 14.1. The number of methoxy groups -OCH3 is 2. The fourth-order valence-corrected chi connectivity index (χ4v) is 5.48. The number of likely N-dealkylation sites (tertiary alicyclic amines) is 1. The van der Waals surface area contributed by atoms with Crippen LogP contribution in [0.15, 0.2) is 42.5 Å². The third kappa shape index (κ3) is 7.03. The number of nitrogens with one attached hydrogen (secondary N) is 2. The largest absolute Gasteiger partial charge is 0.497 e. The molecule has 2 aliphatic heterocycles. The quantitative estimate of drug-likeness (QED) is 0.362. The van der Waals surface area contributed by atoms with E-state index in [1.807, 2.05) is 30.3 Å². The molecule has 11 heteroatoms. The molecule has 3 heterocycles. The number of amides is 1. The van der Waals surface area contributed by atoms with Crippen molar-refractivity contribution in [1.82, 2.24) is 20.2 Å². The number of anilines is 2. The summed E-state index contributed by atoms with van der Waals surface area (Å²) in [5.74, 6) is 0.872. The zero-order chi connectivity index (χ0) is 28.6. The molecular weight excluding hydrogens is 522 g/mol. The van der Waals surface area contributed by atoms with E-state index >= 15 is 0 Å². The van der Waals surface area contributed by atoms with Gasteiger partial charge in [-0.3, -0.25) is 9.69 Å². The Hall–Kier alpha value is -3.98. The second-order valence-corrected chi connectivity index (χ2v) is 10.3. The summed E-state index contributed by atoms with van der Waals surface area (Å²) in [6.07, 6.45) is 2.51. The van der Waals surface area contributed by atoms with Crippen molar-refractivity contribution in [1.29, 1.82) is 5.26 Å². The number of ether oxygens (including phenoxy) is 3. The highest BCUT2D eigenvalue weighted by molar-refractivity contribution is 6.09. The molecule has 0 aliphatic carbocycles. The Labute approximate surface area is 240 Å². The van der Waals surface area contributed by atoms with Crippen LogP contribution < -0.4 is 25.0 Å². The van der Waals surface area contributed by atoms with Gasteiger partial charge < -0.3 is 29.7 Å². The number of hydrogen-bond donors (Lipinski definition) is 2. The number of aromatic nitrogens is 2. The van der Waals surface area contributed by atoms with E-state index in [1.165, 1.54) is 0 Å². The summed E-state index contributed by atoms with van der Waals surface area (Å²) in [5.41, 5.74) is 0.832. The molecule has 0 bridgehead atoms. The Morgan fingerprint density at radius 1 is 1.20 bits per heavy atom. The lowest BCUT2D eigenvalue weighted by Crippen LogP contribution is -2.51. The number of fused-ring (bicyclic) bond motifs is 1. The van der Waals surface area contributed by atoms with Crippen molar-refractivity contribution in [2.75, 3.05) is 70.4 Å². The van der Waals surface area contributed by atoms with Gasteiger partial charge in [0, 0.05) is 62.9 Å². The van der Waals surface area contributed by atoms with Crippen LogP contribution in [0.5, 0.6) is 11.8 Å². The molecule has 0 spiro atoms. The van der Waals surface area contributed by atoms with E-state index in [0.717, 1.165) is 36.7 Å². The number of carbonyl (C=O) groups excluding carboxylic acids is 1. The summed E-state index contributed by atoms with van der Waals surface area (Å²) in [6.45, 7) is 4.93. The number of piperazine rings is 1. The molecule has 0 radical (unpaired) electrons. The average molecular weight is 560 g/mol. The van der Waals surface area contributed by atoms with Crippen molar-refractivity contribution in [2.45, 2.75) is 31.3 Å². The maximum absolute atomic E-state index is 13.6. The molecule has 5 rings (SSSR count). The van der Waals surface area contributed by atoms with E-state index < -0.39 is 0 Å². The maximum Gasteiger partial charge on any atom is 0.319 e. The monoisotopic (exact) mass is 559 g/mol. The van der Waals surface area contributed by atoms with Crippen LogP contribution in [0.2, 0.25) is 0 Å². The van der Waals surface area contributed by atoms with Gasteiger partial charge in [-0.15, -0.1) is 0 Å². The van der Waals surface area contributed by atoms with Crippen molar-refractivity contribution in [3.63, 3.8) is 0 Å². The van der Waals surface area contributed by atoms with Crippen LogP contribution >= 0.6 is 0 Å². The topological polar surface area (TPSA) is 125 Å². The lowest BCUT2D eigenvalue weighted by atomic mass is 10.1. The van der Waals surface area contributed by atoms with E-state index in [9.17, 15) is 10.1 Å². The molecule has 2 saturated heterocycles. The number of nitrogens with zero attached hydrogens (tertiary/aromatic N) is 5. The number of nitriles is 1. The minimum atomic E-state index is -0.372. The van der Waals surface area contributed by atoms with Gasteiger partial charge in [0.05, 0.1) is 31.9 Å².